The van der Waals surface area contributed by atoms with E-state index in [0.717, 1.165) is 23.5 Å². The Morgan fingerprint density at radius 3 is 2.77 bits per heavy atom. The number of aromatic nitrogens is 1. The molecule has 0 unspecified atom stereocenters. The normalized spacial score (nSPS) is 11.5. The number of thiazole rings is 1. The van der Waals surface area contributed by atoms with Crippen molar-refractivity contribution in [2.45, 2.75) is 19.9 Å². The van der Waals surface area contributed by atoms with Gasteiger partial charge in [0, 0.05) is 6.07 Å². The van der Waals surface area contributed by atoms with Gasteiger partial charge in [-0.25, -0.2) is 14.6 Å². The summed E-state index contributed by atoms with van der Waals surface area (Å²) < 4.78 is 55.2. The van der Waals surface area contributed by atoms with Gasteiger partial charge in [0.05, 0.1) is 10.2 Å². The molecule has 0 fully saturated rings. The van der Waals surface area contributed by atoms with Crippen LogP contribution in [-0.2, 0) is 11.3 Å². The first-order valence-electron chi connectivity index (χ1n) is 6.89. The van der Waals surface area contributed by atoms with E-state index in [1.807, 2.05) is 0 Å². The van der Waals surface area contributed by atoms with Gasteiger partial charge in [0.1, 0.15) is 5.75 Å². The van der Waals surface area contributed by atoms with E-state index in [4.69, 9.17) is 4.74 Å². The number of fused-ring (bicyclic) bond motifs is 1. The summed E-state index contributed by atoms with van der Waals surface area (Å²) in [4.78, 5) is 26.6. The number of nitrogens with one attached hydrogen (secondary N) is 1. The number of amides is 1. The lowest BCUT2D eigenvalue weighted by Crippen LogP contribution is -2.16. The highest BCUT2D eigenvalue weighted by molar-refractivity contribution is 7.22. The van der Waals surface area contributed by atoms with Crippen molar-refractivity contribution in [3.05, 3.63) is 40.3 Å². The van der Waals surface area contributed by atoms with Crippen molar-refractivity contribution in [1.82, 2.24) is 4.98 Å². The molecule has 3 rings (SSSR count). The quantitative estimate of drug-likeness (QED) is 0.723. The Bertz CT molecular complexity index is 1010. The number of nitrogens with zero attached hydrogens (tertiary/aromatic N) is 1. The highest BCUT2D eigenvalue weighted by atomic mass is 32.1. The first kappa shape index (κ1) is 17.8. The second kappa shape index (κ2) is 6.71. The Balaban J connectivity index is 1.65. The fraction of sp³-hybridized carbons (Fsp3) is 0.214. The van der Waals surface area contributed by atoms with E-state index >= 15 is 0 Å². The van der Waals surface area contributed by atoms with E-state index in [1.165, 1.54) is 13.0 Å². The maximum Gasteiger partial charge on any atom is 0.573 e. The lowest BCUT2D eigenvalue weighted by Gasteiger charge is -2.07. The number of rotatable bonds is 4. The lowest BCUT2D eigenvalue weighted by atomic mass is 10.3. The molecule has 0 radical (unpaired) electrons. The van der Waals surface area contributed by atoms with Gasteiger partial charge in [-0.2, -0.15) is 0 Å². The molecule has 0 saturated heterocycles. The van der Waals surface area contributed by atoms with Crippen LogP contribution in [-0.4, -0.2) is 17.4 Å². The summed E-state index contributed by atoms with van der Waals surface area (Å²) >= 11 is 1.03. The van der Waals surface area contributed by atoms with Crippen LogP contribution < -0.4 is 15.9 Å². The number of halogens is 3. The predicted octanol–water partition coefficient (Wildman–Crippen LogP) is 3.80. The summed E-state index contributed by atoms with van der Waals surface area (Å²) in [6.07, 6.45) is -5.70. The Labute approximate surface area is 146 Å². The minimum absolute atomic E-state index is 0.0587. The van der Waals surface area contributed by atoms with E-state index in [0.29, 0.717) is 4.70 Å². The van der Waals surface area contributed by atoms with Gasteiger partial charge >= 0.3 is 18.3 Å². The molecule has 0 saturated carbocycles. The van der Waals surface area contributed by atoms with E-state index in [1.54, 1.807) is 0 Å². The van der Waals surface area contributed by atoms with E-state index in [9.17, 15) is 22.8 Å². The molecular formula is C14H9F3N2O6S. The van der Waals surface area contributed by atoms with Crippen LogP contribution >= 0.6 is 11.3 Å². The number of alkyl halides is 3. The fourth-order valence-corrected chi connectivity index (χ4v) is 2.75. The van der Waals surface area contributed by atoms with Crippen LogP contribution in [0.15, 0.2) is 31.8 Å². The Morgan fingerprint density at radius 1 is 1.35 bits per heavy atom. The summed E-state index contributed by atoms with van der Waals surface area (Å²) in [5.74, 6) is -1.09. The molecule has 0 spiro atoms. The number of anilines is 1. The molecule has 0 aliphatic rings. The van der Waals surface area contributed by atoms with Crippen molar-refractivity contribution in [1.29, 1.82) is 0 Å². The first-order valence-corrected chi connectivity index (χ1v) is 7.71. The third kappa shape index (κ3) is 4.33. The third-order valence-electron chi connectivity index (χ3n) is 2.97. The number of ether oxygens (including phenoxy) is 2. The van der Waals surface area contributed by atoms with Crippen LogP contribution in [0.3, 0.4) is 0 Å². The number of carbonyl (C=O) groups excluding carboxylic acids is 1. The van der Waals surface area contributed by atoms with Gasteiger partial charge in [0.2, 0.25) is 0 Å². The highest BCUT2D eigenvalue weighted by Gasteiger charge is 2.31. The number of hydrogen-bond donors (Lipinski definition) is 1. The SMILES string of the molecule is Cc1oc(=O)oc1COC(=O)Nc1nc2cc(OC(F)(F)F)ccc2s1. The molecule has 8 nitrogen and oxygen atoms in total. The lowest BCUT2D eigenvalue weighted by molar-refractivity contribution is -0.274. The van der Waals surface area contributed by atoms with Crippen molar-refractivity contribution in [2.75, 3.05) is 5.32 Å². The number of benzene rings is 1. The largest absolute Gasteiger partial charge is 0.573 e. The Morgan fingerprint density at radius 2 is 2.12 bits per heavy atom. The van der Waals surface area contributed by atoms with Crippen molar-refractivity contribution < 1.29 is 36.3 Å². The average Bonchev–Trinajstić information content (AvgIpc) is 3.05. The zero-order valence-corrected chi connectivity index (χ0v) is 13.7. The van der Waals surface area contributed by atoms with E-state index < -0.39 is 24.0 Å². The van der Waals surface area contributed by atoms with Crippen molar-refractivity contribution >= 4 is 32.8 Å². The number of aryl methyl sites for hydroxylation is 1. The topological polar surface area (TPSA) is 104 Å². The molecule has 26 heavy (non-hydrogen) atoms. The van der Waals surface area contributed by atoms with E-state index in [-0.39, 0.29) is 28.8 Å². The molecule has 12 heteroatoms. The zero-order chi connectivity index (χ0) is 18.9. The molecule has 2 heterocycles. The Kier molecular flexibility index (Phi) is 4.59. The molecule has 0 aliphatic carbocycles. The monoisotopic (exact) mass is 390 g/mol. The fourth-order valence-electron chi connectivity index (χ4n) is 1.92. The summed E-state index contributed by atoms with van der Waals surface area (Å²) in [5.41, 5.74) is 0.212. The van der Waals surface area contributed by atoms with Crippen LogP contribution in [0, 0.1) is 6.92 Å². The molecule has 1 amide bonds. The van der Waals surface area contributed by atoms with Crippen molar-refractivity contribution in [3.63, 3.8) is 0 Å². The first-order chi connectivity index (χ1) is 12.2. The van der Waals surface area contributed by atoms with Crippen molar-refractivity contribution in [3.8, 4) is 5.75 Å². The van der Waals surface area contributed by atoms with Crippen LogP contribution in [0.5, 0.6) is 5.75 Å². The molecule has 2 aromatic heterocycles. The number of carbonyl (C=O) groups is 1. The predicted molar refractivity (Wildman–Crippen MR) is 82.1 cm³/mol. The van der Waals surface area contributed by atoms with Gasteiger partial charge in [-0.15, -0.1) is 13.2 Å². The standard InChI is InChI=1S/C14H9F3N2O6S/c1-6-9(24-13(21)23-6)5-22-12(20)19-11-18-8-4-7(25-14(15,16)17)2-3-10(8)26-11/h2-4H,5H2,1H3,(H,18,19,20). The molecule has 0 aliphatic heterocycles. The Hall–Kier alpha value is -3.02. The third-order valence-corrected chi connectivity index (χ3v) is 3.92. The maximum atomic E-state index is 12.2. The smallest absolute Gasteiger partial charge is 0.441 e. The molecule has 1 aromatic carbocycles. The summed E-state index contributed by atoms with van der Waals surface area (Å²) in [5, 5.41) is 2.44. The zero-order valence-electron chi connectivity index (χ0n) is 12.9. The average molecular weight is 390 g/mol. The molecule has 0 atom stereocenters. The van der Waals surface area contributed by atoms with E-state index in [2.05, 4.69) is 23.9 Å². The van der Waals surface area contributed by atoms with Gasteiger partial charge in [0.15, 0.2) is 23.3 Å². The van der Waals surface area contributed by atoms with Crippen LogP contribution in [0.4, 0.5) is 23.1 Å². The van der Waals surface area contributed by atoms with Crippen molar-refractivity contribution in [2.24, 2.45) is 0 Å². The van der Waals surface area contributed by atoms with Gasteiger partial charge in [-0.3, -0.25) is 5.32 Å². The summed E-state index contributed by atoms with van der Waals surface area (Å²) in [7, 11) is 0. The molecule has 3 aromatic rings. The van der Waals surface area contributed by atoms with Crippen LogP contribution in [0.2, 0.25) is 0 Å². The molecule has 1 N–H and O–H groups in total. The van der Waals surface area contributed by atoms with Crippen LogP contribution in [0.25, 0.3) is 10.2 Å². The van der Waals surface area contributed by atoms with Gasteiger partial charge in [-0.05, 0) is 19.1 Å². The molecular weight excluding hydrogens is 381 g/mol. The van der Waals surface area contributed by atoms with Gasteiger partial charge in [-0.1, -0.05) is 11.3 Å². The minimum atomic E-state index is -4.81. The van der Waals surface area contributed by atoms with Gasteiger partial charge in [0.25, 0.3) is 0 Å². The molecule has 0 bridgehead atoms. The minimum Gasteiger partial charge on any atom is -0.441 e. The summed E-state index contributed by atoms with van der Waals surface area (Å²) in [6.45, 7) is 1.13. The second-order valence-electron chi connectivity index (χ2n) is 4.83. The van der Waals surface area contributed by atoms with Gasteiger partial charge < -0.3 is 18.3 Å². The molecule has 138 valence electrons. The van der Waals surface area contributed by atoms with Crippen LogP contribution in [0.1, 0.15) is 11.5 Å². The second-order valence-corrected chi connectivity index (χ2v) is 5.86. The summed E-state index contributed by atoms with van der Waals surface area (Å²) in [6, 6.07) is 3.62. The maximum absolute atomic E-state index is 12.2. The number of hydrogen-bond acceptors (Lipinski definition) is 8. The highest BCUT2D eigenvalue weighted by Crippen LogP contribution is 2.31.